The highest BCUT2D eigenvalue weighted by molar-refractivity contribution is 7.92. The number of rotatable bonds is 5. The van der Waals surface area contributed by atoms with E-state index in [4.69, 9.17) is 0 Å². The summed E-state index contributed by atoms with van der Waals surface area (Å²) in [6, 6.07) is 17.8. The summed E-state index contributed by atoms with van der Waals surface area (Å²) in [7, 11) is -3.45. The number of nitrogens with zero attached hydrogens (tertiary/aromatic N) is 1. The van der Waals surface area contributed by atoms with Gasteiger partial charge < -0.3 is 5.11 Å². The van der Waals surface area contributed by atoms with E-state index in [0.29, 0.717) is 11.3 Å². The van der Waals surface area contributed by atoms with Gasteiger partial charge in [0.05, 0.1) is 24.6 Å². The molecule has 1 N–H and O–H groups in total. The maximum Gasteiger partial charge on any atom is 0.232 e. The van der Waals surface area contributed by atoms with Gasteiger partial charge in [-0.05, 0) is 17.7 Å². The number of hydrogen-bond acceptors (Lipinski definition) is 3. The highest BCUT2D eigenvalue weighted by atomic mass is 32.2. The molecule has 2 aromatic rings. The quantitative estimate of drug-likeness (QED) is 0.918. The summed E-state index contributed by atoms with van der Waals surface area (Å²) in [6.45, 7) is -0.00708. The molecule has 4 nitrogen and oxygen atoms in total. The molecular formula is C15H17NO3S. The Balaban J connectivity index is 2.26. The Kier molecular flexibility index (Phi) is 4.42. The molecule has 0 saturated carbocycles. The third-order valence-electron chi connectivity index (χ3n) is 2.97. The minimum absolute atomic E-state index is 0.00708. The Bertz CT molecular complexity index is 641. The summed E-state index contributed by atoms with van der Waals surface area (Å²) in [4.78, 5) is 0. The van der Waals surface area contributed by atoms with Gasteiger partial charge in [0.15, 0.2) is 0 Å². The van der Waals surface area contributed by atoms with Crippen molar-refractivity contribution in [2.24, 2.45) is 0 Å². The number of anilines is 1. The lowest BCUT2D eigenvalue weighted by atomic mass is 10.1. The molecule has 5 heteroatoms. The average molecular weight is 291 g/mol. The lowest BCUT2D eigenvalue weighted by Crippen LogP contribution is -2.33. The van der Waals surface area contributed by atoms with E-state index >= 15 is 0 Å². The van der Waals surface area contributed by atoms with Crippen LogP contribution in [0.1, 0.15) is 11.7 Å². The van der Waals surface area contributed by atoms with E-state index in [9.17, 15) is 13.5 Å². The van der Waals surface area contributed by atoms with Crippen molar-refractivity contribution in [1.29, 1.82) is 0 Å². The van der Waals surface area contributed by atoms with Crippen molar-refractivity contribution in [1.82, 2.24) is 0 Å². The Morgan fingerprint density at radius 2 is 1.50 bits per heavy atom. The van der Waals surface area contributed by atoms with E-state index in [-0.39, 0.29) is 6.54 Å². The van der Waals surface area contributed by atoms with Crippen molar-refractivity contribution in [3.8, 4) is 0 Å². The second kappa shape index (κ2) is 6.07. The largest absolute Gasteiger partial charge is 0.387 e. The summed E-state index contributed by atoms with van der Waals surface area (Å²) in [5, 5.41) is 10.2. The first-order valence-corrected chi connectivity index (χ1v) is 8.09. The van der Waals surface area contributed by atoms with E-state index in [2.05, 4.69) is 0 Å². The maximum absolute atomic E-state index is 11.9. The van der Waals surface area contributed by atoms with Gasteiger partial charge in [-0.1, -0.05) is 48.5 Å². The summed E-state index contributed by atoms with van der Waals surface area (Å²) in [5.41, 5.74) is 1.24. The molecule has 0 aliphatic heterocycles. The first-order chi connectivity index (χ1) is 9.48. The molecule has 0 fully saturated rings. The predicted molar refractivity (Wildman–Crippen MR) is 80.0 cm³/mol. The van der Waals surface area contributed by atoms with Crippen molar-refractivity contribution >= 4 is 15.7 Å². The average Bonchev–Trinajstić information content (AvgIpc) is 2.45. The molecule has 20 heavy (non-hydrogen) atoms. The molecule has 1 unspecified atom stereocenters. The molecule has 0 radical (unpaired) electrons. The van der Waals surface area contributed by atoms with Gasteiger partial charge in [0.25, 0.3) is 0 Å². The van der Waals surface area contributed by atoms with Gasteiger partial charge in [-0.15, -0.1) is 0 Å². The number of sulfonamides is 1. The van der Waals surface area contributed by atoms with E-state index in [1.807, 2.05) is 24.3 Å². The van der Waals surface area contributed by atoms with Gasteiger partial charge in [0.2, 0.25) is 10.0 Å². The first kappa shape index (κ1) is 14.6. The minimum Gasteiger partial charge on any atom is -0.387 e. The van der Waals surface area contributed by atoms with E-state index in [0.717, 1.165) is 6.26 Å². The van der Waals surface area contributed by atoms with Crippen molar-refractivity contribution < 1.29 is 13.5 Å². The van der Waals surface area contributed by atoms with Crippen LogP contribution >= 0.6 is 0 Å². The Morgan fingerprint density at radius 3 is 2.00 bits per heavy atom. The molecule has 0 saturated heterocycles. The van der Waals surface area contributed by atoms with Crippen LogP contribution in [0.15, 0.2) is 60.7 Å². The Morgan fingerprint density at radius 1 is 1.00 bits per heavy atom. The van der Waals surface area contributed by atoms with Crippen LogP contribution in [0, 0.1) is 0 Å². The number of hydrogen-bond donors (Lipinski definition) is 1. The summed E-state index contributed by atoms with van der Waals surface area (Å²) < 4.78 is 25.0. The van der Waals surface area contributed by atoms with Crippen LogP contribution in [-0.4, -0.2) is 26.3 Å². The fourth-order valence-electron chi connectivity index (χ4n) is 1.96. The number of benzene rings is 2. The SMILES string of the molecule is CS(=O)(=O)N(CC(O)c1ccccc1)c1ccccc1. The molecule has 0 aliphatic carbocycles. The zero-order chi connectivity index (χ0) is 14.6. The molecule has 0 amide bonds. The molecule has 0 spiro atoms. The topological polar surface area (TPSA) is 57.6 Å². The second-order valence-corrected chi connectivity index (χ2v) is 6.46. The number of aliphatic hydroxyl groups excluding tert-OH is 1. The van der Waals surface area contributed by atoms with Crippen molar-refractivity contribution in [3.05, 3.63) is 66.2 Å². The van der Waals surface area contributed by atoms with Crippen molar-refractivity contribution in [2.45, 2.75) is 6.10 Å². The van der Waals surface area contributed by atoms with Gasteiger partial charge >= 0.3 is 0 Å². The molecule has 1 atom stereocenters. The van der Waals surface area contributed by atoms with Gasteiger partial charge in [0.1, 0.15) is 0 Å². The summed E-state index contributed by atoms with van der Waals surface area (Å²) in [5.74, 6) is 0. The third-order valence-corrected chi connectivity index (χ3v) is 4.13. The second-order valence-electron chi connectivity index (χ2n) is 4.56. The Hall–Kier alpha value is -1.85. The lowest BCUT2D eigenvalue weighted by molar-refractivity contribution is 0.187. The molecule has 0 heterocycles. The molecule has 2 rings (SSSR count). The first-order valence-electron chi connectivity index (χ1n) is 6.24. The van der Waals surface area contributed by atoms with Crippen LogP contribution < -0.4 is 4.31 Å². The van der Waals surface area contributed by atoms with Crippen LogP contribution in [0.4, 0.5) is 5.69 Å². The Labute approximate surface area is 119 Å². The van der Waals surface area contributed by atoms with Crippen molar-refractivity contribution in [2.75, 3.05) is 17.1 Å². The van der Waals surface area contributed by atoms with E-state index in [1.165, 1.54) is 4.31 Å². The van der Waals surface area contributed by atoms with Crippen LogP contribution in [-0.2, 0) is 10.0 Å². The zero-order valence-corrected chi connectivity index (χ0v) is 12.0. The van der Waals surface area contributed by atoms with E-state index < -0.39 is 16.1 Å². The molecule has 2 aromatic carbocycles. The lowest BCUT2D eigenvalue weighted by Gasteiger charge is -2.25. The third kappa shape index (κ3) is 3.59. The van der Waals surface area contributed by atoms with Gasteiger partial charge in [-0.25, -0.2) is 8.42 Å². The predicted octanol–water partition coefficient (Wildman–Crippen LogP) is 2.19. The highest BCUT2D eigenvalue weighted by Crippen LogP contribution is 2.21. The van der Waals surface area contributed by atoms with Crippen LogP contribution in [0.25, 0.3) is 0 Å². The number of aliphatic hydroxyl groups is 1. The number of para-hydroxylation sites is 1. The van der Waals surface area contributed by atoms with Gasteiger partial charge in [-0.3, -0.25) is 4.31 Å². The molecule has 0 bridgehead atoms. The highest BCUT2D eigenvalue weighted by Gasteiger charge is 2.21. The van der Waals surface area contributed by atoms with Crippen LogP contribution in [0.5, 0.6) is 0 Å². The fourth-order valence-corrected chi connectivity index (χ4v) is 2.88. The molecular weight excluding hydrogens is 274 g/mol. The van der Waals surface area contributed by atoms with Crippen LogP contribution in [0.2, 0.25) is 0 Å². The maximum atomic E-state index is 11.9. The minimum atomic E-state index is -3.45. The fraction of sp³-hybridized carbons (Fsp3) is 0.200. The molecule has 106 valence electrons. The van der Waals surface area contributed by atoms with Gasteiger partial charge in [0, 0.05) is 0 Å². The monoisotopic (exact) mass is 291 g/mol. The molecule has 0 aromatic heterocycles. The summed E-state index contributed by atoms with van der Waals surface area (Å²) >= 11 is 0. The molecule has 0 aliphatic rings. The smallest absolute Gasteiger partial charge is 0.232 e. The zero-order valence-electron chi connectivity index (χ0n) is 11.2. The normalized spacial score (nSPS) is 12.9. The van der Waals surface area contributed by atoms with Gasteiger partial charge in [-0.2, -0.15) is 0 Å². The summed E-state index contributed by atoms with van der Waals surface area (Å²) in [6.07, 6.45) is 0.267. The van der Waals surface area contributed by atoms with Crippen LogP contribution in [0.3, 0.4) is 0 Å². The standard InChI is InChI=1S/C15H17NO3S/c1-20(18,19)16(14-10-6-3-7-11-14)12-15(17)13-8-4-2-5-9-13/h2-11,15,17H,12H2,1H3. The van der Waals surface area contributed by atoms with Crippen molar-refractivity contribution in [3.63, 3.8) is 0 Å². The van der Waals surface area contributed by atoms with E-state index in [1.54, 1.807) is 36.4 Å².